The summed E-state index contributed by atoms with van der Waals surface area (Å²) >= 11 is 0. The summed E-state index contributed by atoms with van der Waals surface area (Å²) in [4.78, 5) is 38.5. The van der Waals surface area contributed by atoms with Gasteiger partial charge in [-0.3, -0.25) is 14.4 Å². The van der Waals surface area contributed by atoms with Crippen molar-refractivity contribution in [3.63, 3.8) is 0 Å². The standard InChI is InChI=1S/C76H140O6/c1-4-7-10-13-16-19-22-25-28-31-34-35-36-37-38-39-40-41-43-45-48-51-54-57-60-63-66-69-75(78)81-72-73(71-80-74(77)68-65-62-59-56-53-50-47-44-33-30-27-24-21-18-15-12-9-6-3)82-76(79)70-67-64-61-58-55-52-49-46-42-32-29-26-23-20-17-14-11-8-5-2/h17,20,26,29-31,33-34,73H,4-16,18-19,21-25,27-28,32,35-72H2,1-3H3/b20-17-,29-26-,33-30-,34-31-. The van der Waals surface area contributed by atoms with E-state index in [1.165, 1.54) is 295 Å². The maximum Gasteiger partial charge on any atom is 0.306 e. The number of carbonyl (C=O) groups is 3. The molecule has 1 atom stereocenters. The predicted molar refractivity (Wildman–Crippen MR) is 358 cm³/mol. The quantitative estimate of drug-likeness (QED) is 0.0261. The second kappa shape index (κ2) is 70.9. The molecule has 0 spiro atoms. The van der Waals surface area contributed by atoms with Gasteiger partial charge in [0.1, 0.15) is 13.2 Å². The third kappa shape index (κ3) is 68.2. The van der Waals surface area contributed by atoms with Gasteiger partial charge in [0.25, 0.3) is 0 Å². The molecular formula is C76H140O6. The van der Waals surface area contributed by atoms with E-state index in [-0.39, 0.29) is 31.1 Å². The van der Waals surface area contributed by atoms with E-state index in [1.807, 2.05) is 0 Å². The van der Waals surface area contributed by atoms with E-state index >= 15 is 0 Å². The van der Waals surface area contributed by atoms with Crippen LogP contribution in [0.3, 0.4) is 0 Å². The Labute approximate surface area is 511 Å². The van der Waals surface area contributed by atoms with Gasteiger partial charge in [0, 0.05) is 19.3 Å². The Hall–Kier alpha value is -2.63. The first kappa shape index (κ1) is 79.4. The molecule has 0 fully saturated rings. The molecule has 0 saturated carbocycles. The van der Waals surface area contributed by atoms with Crippen molar-refractivity contribution in [1.82, 2.24) is 0 Å². The average Bonchev–Trinajstić information content (AvgIpc) is 3.47. The first-order valence-electron chi connectivity index (χ1n) is 36.6. The number of esters is 3. The molecule has 480 valence electrons. The van der Waals surface area contributed by atoms with Crippen molar-refractivity contribution in [3.8, 4) is 0 Å². The largest absolute Gasteiger partial charge is 0.462 e. The van der Waals surface area contributed by atoms with E-state index in [4.69, 9.17) is 14.2 Å². The van der Waals surface area contributed by atoms with E-state index < -0.39 is 6.10 Å². The van der Waals surface area contributed by atoms with Crippen LogP contribution in [0.1, 0.15) is 400 Å². The molecule has 0 heterocycles. The molecule has 0 saturated heterocycles. The van der Waals surface area contributed by atoms with Crippen LogP contribution >= 0.6 is 0 Å². The molecule has 0 N–H and O–H groups in total. The van der Waals surface area contributed by atoms with Crippen LogP contribution in [0, 0.1) is 0 Å². The number of allylic oxidation sites excluding steroid dienone is 8. The fourth-order valence-corrected chi connectivity index (χ4v) is 11.0. The second-order valence-corrected chi connectivity index (χ2v) is 24.8. The van der Waals surface area contributed by atoms with E-state index in [0.717, 1.165) is 64.2 Å². The summed E-state index contributed by atoms with van der Waals surface area (Å²) in [6, 6.07) is 0. The van der Waals surface area contributed by atoms with Gasteiger partial charge in [-0.2, -0.15) is 0 Å². The van der Waals surface area contributed by atoms with Crippen LogP contribution in [0.4, 0.5) is 0 Å². The summed E-state index contributed by atoms with van der Waals surface area (Å²) < 4.78 is 17.0. The summed E-state index contributed by atoms with van der Waals surface area (Å²) in [7, 11) is 0. The molecular weight excluding hydrogens is 1010 g/mol. The molecule has 6 heteroatoms. The topological polar surface area (TPSA) is 78.9 Å². The third-order valence-corrected chi connectivity index (χ3v) is 16.5. The Kier molecular flexibility index (Phi) is 68.6. The molecule has 0 aliphatic rings. The van der Waals surface area contributed by atoms with Crippen molar-refractivity contribution >= 4 is 17.9 Å². The fraction of sp³-hybridized carbons (Fsp3) is 0.855. The van der Waals surface area contributed by atoms with E-state index in [9.17, 15) is 14.4 Å². The Morgan fingerprint density at radius 2 is 0.439 bits per heavy atom. The normalized spacial score (nSPS) is 12.3. The number of ether oxygens (including phenoxy) is 3. The second-order valence-electron chi connectivity index (χ2n) is 24.8. The van der Waals surface area contributed by atoms with Crippen LogP contribution in [-0.2, 0) is 28.6 Å². The minimum absolute atomic E-state index is 0.0724. The van der Waals surface area contributed by atoms with Crippen molar-refractivity contribution in [2.45, 2.75) is 406 Å². The maximum absolute atomic E-state index is 13.0. The molecule has 0 aromatic heterocycles. The highest BCUT2D eigenvalue weighted by Gasteiger charge is 2.19. The van der Waals surface area contributed by atoms with Crippen LogP contribution in [-0.4, -0.2) is 37.2 Å². The van der Waals surface area contributed by atoms with Crippen molar-refractivity contribution in [2.24, 2.45) is 0 Å². The Balaban J connectivity index is 4.28. The minimum Gasteiger partial charge on any atom is -0.462 e. The summed E-state index contributed by atoms with van der Waals surface area (Å²) in [5.74, 6) is -0.854. The van der Waals surface area contributed by atoms with Crippen LogP contribution in [0.5, 0.6) is 0 Å². The molecule has 0 aromatic carbocycles. The number of hydrogen-bond donors (Lipinski definition) is 0. The van der Waals surface area contributed by atoms with Gasteiger partial charge in [0.05, 0.1) is 0 Å². The van der Waals surface area contributed by atoms with E-state index in [1.54, 1.807) is 0 Å². The molecule has 0 rings (SSSR count). The SMILES string of the molecule is CCCCC/C=C\C/C=C\CCCCCCCCCCCC(=O)OC(COC(=O)CCCCCCCCC/C=C\CCCCCCCCC)COC(=O)CCCCCCCCCCCCCCCCC/C=C\CCCCCCCCCC. The summed E-state index contributed by atoms with van der Waals surface area (Å²) in [5.41, 5.74) is 0. The zero-order valence-corrected chi connectivity index (χ0v) is 55.3. The highest BCUT2D eigenvalue weighted by Crippen LogP contribution is 2.18. The highest BCUT2D eigenvalue weighted by molar-refractivity contribution is 5.71. The lowest BCUT2D eigenvalue weighted by Gasteiger charge is -2.18. The lowest BCUT2D eigenvalue weighted by Crippen LogP contribution is -2.30. The first-order valence-corrected chi connectivity index (χ1v) is 36.6. The number of rotatable bonds is 68. The number of carbonyl (C=O) groups excluding carboxylic acids is 3. The van der Waals surface area contributed by atoms with E-state index in [2.05, 4.69) is 69.4 Å². The summed E-state index contributed by atoms with van der Waals surface area (Å²) in [6.45, 7) is 6.68. The zero-order chi connectivity index (χ0) is 59.2. The number of unbranched alkanes of at least 4 members (excludes halogenated alkanes) is 49. The van der Waals surface area contributed by atoms with Crippen molar-refractivity contribution < 1.29 is 28.6 Å². The Bertz CT molecular complexity index is 1410. The van der Waals surface area contributed by atoms with Gasteiger partial charge < -0.3 is 14.2 Å². The summed E-state index contributed by atoms with van der Waals surface area (Å²) in [6.07, 6.45) is 90.0. The Morgan fingerprint density at radius 1 is 0.244 bits per heavy atom. The van der Waals surface area contributed by atoms with Crippen molar-refractivity contribution in [2.75, 3.05) is 13.2 Å². The van der Waals surface area contributed by atoms with Crippen LogP contribution < -0.4 is 0 Å². The highest BCUT2D eigenvalue weighted by atomic mass is 16.6. The predicted octanol–water partition coefficient (Wildman–Crippen LogP) is 25.3. The monoisotopic (exact) mass is 1150 g/mol. The van der Waals surface area contributed by atoms with Gasteiger partial charge >= 0.3 is 17.9 Å². The molecule has 6 nitrogen and oxygen atoms in total. The smallest absolute Gasteiger partial charge is 0.306 e. The molecule has 0 aliphatic heterocycles. The van der Waals surface area contributed by atoms with Crippen LogP contribution in [0.2, 0.25) is 0 Å². The van der Waals surface area contributed by atoms with Crippen LogP contribution in [0.25, 0.3) is 0 Å². The minimum atomic E-state index is -0.778. The molecule has 0 radical (unpaired) electrons. The number of hydrogen-bond acceptors (Lipinski definition) is 6. The third-order valence-electron chi connectivity index (χ3n) is 16.5. The summed E-state index contributed by atoms with van der Waals surface area (Å²) in [5, 5.41) is 0. The van der Waals surface area contributed by atoms with E-state index in [0.29, 0.717) is 19.3 Å². The fourth-order valence-electron chi connectivity index (χ4n) is 11.0. The molecule has 1 unspecified atom stereocenters. The van der Waals surface area contributed by atoms with Gasteiger partial charge in [-0.05, 0) is 103 Å². The van der Waals surface area contributed by atoms with Gasteiger partial charge in [0.15, 0.2) is 6.10 Å². The van der Waals surface area contributed by atoms with Gasteiger partial charge in [-0.1, -0.05) is 326 Å². The molecule has 0 amide bonds. The van der Waals surface area contributed by atoms with Crippen molar-refractivity contribution in [1.29, 1.82) is 0 Å². The zero-order valence-electron chi connectivity index (χ0n) is 55.3. The van der Waals surface area contributed by atoms with Gasteiger partial charge in [0.2, 0.25) is 0 Å². The molecule has 0 aromatic rings. The van der Waals surface area contributed by atoms with Crippen molar-refractivity contribution in [3.05, 3.63) is 48.6 Å². The van der Waals surface area contributed by atoms with Crippen LogP contribution in [0.15, 0.2) is 48.6 Å². The lowest BCUT2D eigenvalue weighted by molar-refractivity contribution is -0.167. The lowest BCUT2D eigenvalue weighted by atomic mass is 10.0. The molecule has 0 bridgehead atoms. The Morgan fingerprint density at radius 3 is 0.707 bits per heavy atom. The maximum atomic E-state index is 13.0. The molecule has 0 aliphatic carbocycles. The average molecular weight is 1150 g/mol. The van der Waals surface area contributed by atoms with Gasteiger partial charge in [-0.15, -0.1) is 0 Å². The van der Waals surface area contributed by atoms with Gasteiger partial charge in [-0.25, -0.2) is 0 Å². The first-order chi connectivity index (χ1) is 40.5. The molecule has 82 heavy (non-hydrogen) atoms.